The maximum absolute atomic E-state index is 12.1. The van der Waals surface area contributed by atoms with Gasteiger partial charge < -0.3 is 15.7 Å². The van der Waals surface area contributed by atoms with Gasteiger partial charge in [-0.05, 0) is 30.5 Å². The molecule has 0 saturated heterocycles. The first-order valence-corrected chi connectivity index (χ1v) is 7.15. The zero-order valence-electron chi connectivity index (χ0n) is 12.4. The summed E-state index contributed by atoms with van der Waals surface area (Å²) in [5.41, 5.74) is 9.67. The first-order chi connectivity index (χ1) is 10.4. The van der Waals surface area contributed by atoms with Crippen LogP contribution < -0.4 is 11.2 Å². The smallest absolute Gasteiger partial charge is 0.338 e. The number of allylic oxidation sites excluding steroid dienone is 2. The van der Waals surface area contributed by atoms with Crippen LogP contribution in [-0.2, 0) is 4.74 Å². The lowest BCUT2D eigenvalue weighted by atomic mass is 9.79. The van der Waals surface area contributed by atoms with Crippen LogP contribution in [0.5, 0.6) is 0 Å². The highest BCUT2D eigenvalue weighted by Crippen LogP contribution is 2.35. The summed E-state index contributed by atoms with van der Waals surface area (Å²) in [6, 6.07) is 5.13. The fraction of sp³-hybridized carbons (Fsp3) is 0.250. The monoisotopic (exact) mass is 318 g/mol. The van der Waals surface area contributed by atoms with E-state index in [1.807, 2.05) is 25.2 Å². The van der Waals surface area contributed by atoms with E-state index in [1.54, 1.807) is 18.2 Å². The van der Waals surface area contributed by atoms with Crippen LogP contribution in [0.2, 0.25) is 0 Å². The van der Waals surface area contributed by atoms with Crippen molar-refractivity contribution in [2.75, 3.05) is 7.11 Å². The minimum Gasteiger partial charge on any atom is -0.465 e. The molecule has 2 rings (SSSR count). The first-order valence-electron chi connectivity index (χ1n) is 6.74. The van der Waals surface area contributed by atoms with E-state index in [-0.39, 0.29) is 4.99 Å². The largest absolute Gasteiger partial charge is 0.465 e. The molecule has 1 aliphatic carbocycles. The van der Waals surface area contributed by atoms with Gasteiger partial charge in [0.2, 0.25) is 0 Å². The minimum atomic E-state index is -0.692. The predicted molar refractivity (Wildman–Crippen MR) is 88.7 cm³/mol. The fourth-order valence-corrected chi connectivity index (χ4v) is 2.59. The molecule has 0 radical (unpaired) electrons. The second kappa shape index (κ2) is 6.39. The number of carbonyl (C=O) groups is 1. The van der Waals surface area contributed by atoms with Gasteiger partial charge in [0.1, 0.15) is 4.99 Å². The van der Waals surface area contributed by atoms with Crippen molar-refractivity contribution in [2.45, 2.75) is 18.9 Å². The molecule has 0 amide bonds. The molecular formula is C16H18N2O3S. The van der Waals surface area contributed by atoms with Crippen molar-refractivity contribution >= 4 is 28.7 Å². The summed E-state index contributed by atoms with van der Waals surface area (Å²) in [6.45, 7) is 1.85. The number of carbonyl (C=O) groups excluding carboxylic acids is 1. The normalized spacial score (nSPS) is 20.4. The molecule has 6 heteroatoms. The number of nitrogens with two attached hydrogens (primary N) is 1. The highest BCUT2D eigenvalue weighted by atomic mass is 32.1. The third kappa shape index (κ3) is 2.94. The standard InChI is InChI=1S/C16H18N2O3S/c1-16(18-20)8-4-3-5-13(16)11-7-6-10(14(17)22)9-12(11)15(19)21-2/h3-7,9,18,20H,8H2,1-2H3,(H2,17,22). The Morgan fingerprint density at radius 3 is 2.82 bits per heavy atom. The second-order valence-corrected chi connectivity index (χ2v) is 5.71. The van der Waals surface area contributed by atoms with Crippen LogP contribution >= 0.6 is 12.2 Å². The summed E-state index contributed by atoms with van der Waals surface area (Å²) in [4.78, 5) is 12.3. The van der Waals surface area contributed by atoms with Gasteiger partial charge in [-0.2, -0.15) is 5.48 Å². The minimum absolute atomic E-state index is 0.206. The fourth-order valence-electron chi connectivity index (χ4n) is 2.47. The Morgan fingerprint density at radius 2 is 2.23 bits per heavy atom. The van der Waals surface area contributed by atoms with Crippen molar-refractivity contribution in [1.29, 1.82) is 0 Å². The molecule has 1 aliphatic rings. The zero-order chi connectivity index (χ0) is 16.3. The number of methoxy groups -OCH3 is 1. The van der Waals surface area contributed by atoms with Crippen molar-refractivity contribution in [3.05, 3.63) is 53.1 Å². The lowest BCUT2D eigenvalue weighted by molar-refractivity contribution is 0.0599. The molecule has 0 saturated carbocycles. The molecule has 1 aromatic rings. The number of hydroxylamine groups is 1. The van der Waals surface area contributed by atoms with E-state index in [9.17, 15) is 10.0 Å². The maximum atomic E-state index is 12.1. The molecule has 0 fully saturated rings. The average Bonchev–Trinajstić information content (AvgIpc) is 2.54. The van der Waals surface area contributed by atoms with Crippen molar-refractivity contribution in [2.24, 2.45) is 5.73 Å². The topological polar surface area (TPSA) is 84.6 Å². The van der Waals surface area contributed by atoms with Gasteiger partial charge >= 0.3 is 5.97 Å². The van der Waals surface area contributed by atoms with Crippen molar-refractivity contribution in [3.63, 3.8) is 0 Å². The third-order valence-corrected chi connectivity index (χ3v) is 4.00. The van der Waals surface area contributed by atoms with E-state index in [0.29, 0.717) is 23.1 Å². The van der Waals surface area contributed by atoms with Crippen molar-refractivity contribution in [3.8, 4) is 0 Å². The van der Waals surface area contributed by atoms with Gasteiger partial charge in [0, 0.05) is 5.56 Å². The van der Waals surface area contributed by atoms with Crippen LogP contribution in [0.1, 0.15) is 34.8 Å². The molecule has 0 heterocycles. The Bertz CT molecular complexity index is 682. The molecule has 22 heavy (non-hydrogen) atoms. The van der Waals surface area contributed by atoms with E-state index < -0.39 is 11.5 Å². The molecule has 0 aliphatic heterocycles. The Balaban J connectivity index is 2.64. The lowest BCUT2D eigenvalue weighted by Crippen LogP contribution is -2.42. The van der Waals surface area contributed by atoms with Crippen LogP contribution in [0.4, 0.5) is 0 Å². The van der Waals surface area contributed by atoms with Gasteiger partial charge in [0.15, 0.2) is 0 Å². The van der Waals surface area contributed by atoms with E-state index in [4.69, 9.17) is 22.7 Å². The lowest BCUT2D eigenvalue weighted by Gasteiger charge is -2.32. The Morgan fingerprint density at radius 1 is 1.50 bits per heavy atom. The number of thiocarbonyl (C=S) groups is 1. The number of rotatable bonds is 4. The molecule has 0 bridgehead atoms. The van der Waals surface area contributed by atoms with E-state index in [0.717, 1.165) is 5.57 Å². The zero-order valence-corrected chi connectivity index (χ0v) is 13.2. The van der Waals surface area contributed by atoms with Crippen LogP contribution in [-0.4, -0.2) is 28.8 Å². The molecule has 0 spiro atoms. The summed E-state index contributed by atoms with van der Waals surface area (Å²) >= 11 is 4.96. The molecule has 4 N–H and O–H groups in total. The van der Waals surface area contributed by atoms with Crippen molar-refractivity contribution in [1.82, 2.24) is 5.48 Å². The molecule has 1 atom stereocenters. The van der Waals surface area contributed by atoms with E-state index >= 15 is 0 Å². The highest BCUT2D eigenvalue weighted by molar-refractivity contribution is 7.80. The number of hydrogen-bond donors (Lipinski definition) is 3. The summed E-state index contributed by atoms with van der Waals surface area (Å²) in [5, 5.41) is 9.53. The van der Waals surface area contributed by atoms with Crippen LogP contribution in [0, 0.1) is 0 Å². The Kier molecular flexibility index (Phi) is 4.75. The van der Waals surface area contributed by atoms with Crippen LogP contribution in [0.3, 0.4) is 0 Å². The summed E-state index contributed by atoms with van der Waals surface area (Å²) in [6.07, 6.45) is 6.27. The second-order valence-electron chi connectivity index (χ2n) is 5.27. The van der Waals surface area contributed by atoms with Crippen molar-refractivity contribution < 1.29 is 14.7 Å². The molecule has 1 aromatic carbocycles. The van der Waals surface area contributed by atoms with Gasteiger partial charge in [-0.15, -0.1) is 0 Å². The van der Waals surface area contributed by atoms with Gasteiger partial charge in [0.25, 0.3) is 0 Å². The maximum Gasteiger partial charge on any atom is 0.338 e. The molecule has 5 nitrogen and oxygen atoms in total. The van der Waals surface area contributed by atoms with Crippen LogP contribution in [0.15, 0.2) is 36.4 Å². The van der Waals surface area contributed by atoms with E-state index in [2.05, 4.69) is 5.48 Å². The quantitative estimate of drug-likeness (QED) is 0.448. The number of ether oxygens (including phenoxy) is 1. The predicted octanol–water partition coefficient (Wildman–Crippen LogP) is 2.19. The van der Waals surface area contributed by atoms with Gasteiger partial charge in [-0.25, -0.2) is 4.79 Å². The number of benzene rings is 1. The highest BCUT2D eigenvalue weighted by Gasteiger charge is 2.32. The molecule has 0 aromatic heterocycles. The molecular weight excluding hydrogens is 300 g/mol. The SMILES string of the molecule is COC(=O)c1cc(C(N)=S)ccc1C1=CC=CCC1(C)NO. The van der Waals surface area contributed by atoms with Gasteiger partial charge in [-0.3, -0.25) is 0 Å². The average molecular weight is 318 g/mol. The Labute approximate surface area is 134 Å². The van der Waals surface area contributed by atoms with E-state index in [1.165, 1.54) is 7.11 Å². The third-order valence-electron chi connectivity index (χ3n) is 3.77. The van der Waals surface area contributed by atoms with Gasteiger partial charge in [0.05, 0.1) is 18.2 Å². The number of hydrogen-bond acceptors (Lipinski definition) is 5. The summed E-state index contributed by atoms with van der Waals surface area (Å²) in [7, 11) is 1.32. The molecule has 116 valence electrons. The van der Waals surface area contributed by atoms with Gasteiger partial charge in [-0.1, -0.05) is 42.6 Å². The summed E-state index contributed by atoms with van der Waals surface area (Å²) < 4.78 is 4.85. The number of nitrogens with one attached hydrogen (secondary N) is 1. The number of esters is 1. The first kappa shape index (κ1) is 16.4. The van der Waals surface area contributed by atoms with Crippen LogP contribution in [0.25, 0.3) is 5.57 Å². The Hall–Kier alpha value is -2.02. The summed E-state index contributed by atoms with van der Waals surface area (Å²) in [5.74, 6) is -0.483. The molecule has 1 unspecified atom stereocenters.